The van der Waals surface area contributed by atoms with Gasteiger partial charge in [-0.3, -0.25) is 4.79 Å². The van der Waals surface area contributed by atoms with Crippen LogP contribution in [0.25, 0.3) is 0 Å². The normalized spacial score (nSPS) is 25.6. The summed E-state index contributed by atoms with van der Waals surface area (Å²) >= 11 is 7.33. The highest BCUT2D eigenvalue weighted by Crippen LogP contribution is 2.31. The first-order chi connectivity index (χ1) is 11.7. The van der Waals surface area contributed by atoms with Crippen molar-refractivity contribution < 1.29 is 9.21 Å². The summed E-state index contributed by atoms with van der Waals surface area (Å²) in [4.78, 5) is 15.9. The summed E-state index contributed by atoms with van der Waals surface area (Å²) in [6.45, 7) is 3.35. The van der Waals surface area contributed by atoms with Gasteiger partial charge in [0.25, 0.3) is 5.91 Å². The predicted molar refractivity (Wildman–Crippen MR) is 94.7 cm³/mol. The molecule has 1 N–H and O–H groups in total. The zero-order valence-electron chi connectivity index (χ0n) is 13.2. The number of rotatable bonds is 4. The Morgan fingerprint density at radius 3 is 2.58 bits per heavy atom. The van der Waals surface area contributed by atoms with Crippen LogP contribution in [0, 0.1) is 5.92 Å². The van der Waals surface area contributed by atoms with Crippen molar-refractivity contribution in [2.75, 3.05) is 19.6 Å². The molecule has 2 bridgehead atoms. The molecule has 1 unspecified atom stereocenters. The van der Waals surface area contributed by atoms with Crippen LogP contribution in [0.1, 0.15) is 23.2 Å². The van der Waals surface area contributed by atoms with Crippen molar-refractivity contribution in [1.82, 2.24) is 10.2 Å². The first-order valence-corrected chi connectivity index (χ1v) is 9.42. The summed E-state index contributed by atoms with van der Waals surface area (Å²) in [5, 5.41) is 4.54. The number of halogens is 1. The summed E-state index contributed by atoms with van der Waals surface area (Å²) in [5.74, 6) is 0.656. The number of benzene rings is 1. The predicted octanol–water partition coefficient (Wildman–Crippen LogP) is 3.91. The molecule has 3 aliphatic heterocycles. The second kappa shape index (κ2) is 6.82. The van der Waals surface area contributed by atoms with Crippen LogP contribution in [0.5, 0.6) is 0 Å². The smallest absolute Gasteiger partial charge is 0.251 e. The van der Waals surface area contributed by atoms with E-state index in [1.54, 1.807) is 6.07 Å². The number of nitrogens with one attached hydrogen (secondary N) is 1. The van der Waals surface area contributed by atoms with Gasteiger partial charge >= 0.3 is 0 Å². The van der Waals surface area contributed by atoms with Crippen LogP contribution < -0.4 is 5.32 Å². The van der Waals surface area contributed by atoms with E-state index in [1.807, 2.05) is 24.3 Å². The van der Waals surface area contributed by atoms with Crippen LogP contribution in [-0.4, -0.2) is 36.5 Å². The van der Waals surface area contributed by atoms with Gasteiger partial charge in [-0.2, -0.15) is 0 Å². The Balaban J connectivity index is 1.38. The van der Waals surface area contributed by atoms with E-state index in [9.17, 15) is 4.79 Å². The minimum atomic E-state index is 0.0198. The van der Waals surface area contributed by atoms with Crippen molar-refractivity contribution in [2.24, 2.45) is 5.92 Å². The van der Waals surface area contributed by atoms with E-state index in [4.69, 9.17) is 16.0 Å². The second-order valence-electron chi connectivity index (χ2n) is 6.43. The van der Waals surface area contributed by atoms with E-state index in [0.29, 0.717) is 22.5 Å². The molecular weight excluding hydrogens is 344 g/mol. The van der Waals surface area contributed by atoms with Gasteiger partial charge in [0.05, 0.1) is 5.02 Å². The highest BCUT2D eigenvalue weighted by Gasteiger charge is 2.34. The largest absolute Gasteiger partial charge is 0.456 e. The maximum Gasteiger partial charge on any atom is 0.251 e. The molecule has 0 spiro atoms. The number of nitrogens with zero attached hydrogens (tertiary/aromatic N) is 1. The summed E-state index contributed by atoms with van der Waals surface area (Å²) in [5.41, 5.74) is 0.702. The minimum Gasteiger partial charge on any atom is -0.456 e. The van der Waals surface area contributed by atoms with E-state index in [0.717, 1.165) is 16.5 Å². The standard InChI is InChI=1S/C18H19ClN2O2S/c19-14-9-17(23-11-14)24-15-3-1-13(2-4-15)18(22)20-16-10-21-7-5-12(16)6-8-21/h1-4,9,11-12,16H,5-8,10H2,(H,20,22). The Kier molecular flexibility index (Phi) is 4.57. The molecular formula is C18H19ClN2O2S. The quantitative estimate of drug-likeness (QED) is 0.895. The molecule has 1 atom stereocenters. The van der Waals surface area contributed by atoms with Crippen LogP contribution in [0.2, 0.25) is 5.02 Å². The molecule has 24 heavy (non-hydrogen) atoms. The van der Waals surface area contributed by atoms with Crippen LogP contribution >= 0.6 is 23.4 Å². The molecule has 3 aliphatic rings. The molecule has 0 radical (unpaired) electrons. The number of hydrogen-bond donors (Lipinski definition) is 1. The van der Waals surface area contributed by atoms with Crippen LogP contribution in [0.3, 0.4) is 0 Å². The van der Waals surface area contributed by atoms with Gasteiger partial charge < -0.3 is 14.6 Å². The lowest BCUT2D eigenvalue weighted by Gasteiger charge is -2.44. The highest BCUT2D eigenvalue weighted by atomic mass is 35.5. The average Bonchev–Trinajstić information content (AvgIpc) is 3.01. The molecule has 0 aliphatic carbocycles. The Morgan fingerprint density at radius 2 is 2.00 bits per heavy atom. The first-order valence-electron chi connectivity index (χ1n) is 8.22. The molecule has 1 aromatic heterocycles. The SMILES string of the molecule is O=C(NC1CN2CCC1CC2)c1ccc(Sc2cc(Cl)co2)cc1. The van der Waals surface area contributed by atoms with Crippen molar-refractivity contribution in [3.8, 4) is 0 Å². The van der Waals surface area contributed by atoms with Gasteiger partial charge in [-0.05, 0) is 56.1 Å². The van der Waals surface area contributed by atoms with E-state index in [-0.39, 0.29) is 5.91 Å². The van der Waals surface area contributed by atoms with Gasteiger partial charge in [0.1, 0.15) is 6.26 Å². The fourth-order valence-corrected chi connectivity index (χ4v) is 4.51. The number of hydrogen-bond acceptors (Lipinski definition) is 4. The summed E-state index contributed by atoms with van der Waals surface area (Å²) in [6.07, 6.45) is 3.91. The second-order valence-corrected chi connectivity index (χ2v) is 7.94. The third-order valence-electron chi connectivity index (χ3n) is 4.85. The number of carbonyl (C=O) groups is 1. The number of carbonyl (C=O) groups excluding carboxylic acids is 1. The fourth-order valence-electron chi connectivity index (χ4n) is 3.52. The van der Waals surface area contributed by atoms with Gasteiger partial charge in [0.2, 0.25) is 0 Å². The zero-order valence-corrected chi connectivity index (χ0v) is 14.8. The molecule has 3 saturated heterocycles. The minimum absolute atomic E-state index is 0.0198. The lowest BCUT2D eigenvalue weighted by molar-refractivity contribution is 0.0620. The van der Waals surface area contributed by atoms with Crippen molar-refractivity contribution in [1.29, 1.82) is 0 Å². The van der Waals surface area contributed by atoms with Crippen LogP contribution in [0.4, 0.5) is 0 Å². The van der Waals surface area contributed by atoms with Gasteiger partial charge in [-0.1, -0.05) is 23.4 Å². The van der Waals surface area contributed by atoms with E-state index < -0.39 is 0 Å². The molecule has 3 fully saturated rings. The fraction of sp³-hybridized carbons (Fsp3) is 0.389. The zero-order chi connectivity index (χ0) is 16.5. The van der Waals surface area contributed by atoms with Gasteiger partial charge in [0.15, 0.2) is 5.09 Å². The molecule has 1 aromatic carbocycles. The van der Waals surface area contributed by atoms with Gasteiger partial charge in [0, 0.05) is 29.1 Å². The van der Waals surface area contributed by atoms with Crippen molar-refractivity contribution in [3.63, 3.8) is 0 Å². The molecule has 6 heteroatoms. The van der Waals surface area contributed by atoms with Crippen molar-refractivity contribution >= 4 is 29.3 Å². The summed E-state index contributed by atoms with van der Waals surface area (Å²) in [6, 6.07) is 9.67. The Hall–Kier alpha value is -1.43. The third kappa shape index (κ3) is 3.48. The topological polar surface area (TPSA) is 45.5 Å². The monoisotopic (exact) mass is 362 g/mol. The number of amides is 1. The van der Waals surface area contributed by atoms with Crippen LogP contribution in [-0.2, 0) is 0 Å². The summed E-state index contributed by atoms with van der Waals surface area (Å²) in [7, 11) is 0. The Labute approximate surface area is 150 Å². The average molecular weight is 363 g/mol. The molecule has 4 heterocycles. The Bertz CT molecular complexity index is 723. The van der Waals surface area contributed by atoms with Gasteiger partial charge in [-0.15, -0.1) is 0 Å². The highest BCUT2D eigenvalue weighted by molar-refractivity contribution is 7.99. The first kappa shape index (κ1) is 16.1. The number of fused-ring (bicyclic) bond motifs is 3. The van der Waals surface area contributed by atoms with Crippen molar-refractivity contribution in [2.45, 2.75) is 28.9 Å². The van der Waals surface area contributed by atoms with Gasteiger partial charge in [-0.25, -0.2) is 0 Å². The molecule has 0 saturated carbocycles. The lowest BCUT2D eigenvalue weighted by Crippen LogP contribution is -2.57. The molecule has 2 aromatic rings. The maximum absolute atomic E-state index is 12.5. The van der Waals surface area contributed by atoms with Crippen LogP contribution in [0.15, 0.2) is 51.0 Å². The third-order valence-corrected chi connectivity index (χ3v) is 5.97. The lowest BCUT2D eigenvalue weighted by atomic mass is 9.84. The maximum atomic E-state index is 12.5. The van der Waals surface area contributed by atoms with E-state index >= 15 is 0 Å². The molecule has 4 nitrogen and oxygen atoms in total. The molecule has 1 amide bonds. The van der Waals surface area contributed by atoms with Crippen molar-refractivity contribution in [3.05, 3.63) is 47.2 Å². The number of piperidine rings is 3. The summed E-state index contributed by atoms with van der Waals surface area (Å²) < 4.78 is 5.32. The van der Waals surface area contributed by atoms with E-state index in [1.165, 1.54) is 44.0 Å². The molecule has 5 rings (SSSR count). The Morgan fingerprint density at radius 1 is 1.25 bits per heavy atom. The molecule has 126 valence electrons. The van der Waals surface area contributed by atoms with E-state index in [2.05, 4.69) is 10.2 Å². The number of furan rings is 1.